The number of ether oxygens (including phenoxy) is 2. The molecule has 0 aromatic carbocycles. The molecule has 1 rings (SSSR count). The molecule has 0 aliphatic carbocycles. The van der Waals surface area contributed by atoms with Gasteiger partial charge in [0.2, 0.25) is 0 Å². The first-order valence-electron chi connectivity index (χ1n) is 7.43. The lowest BCUT2D eigenvalue weighted by Crippen LogP contribution is -2.57. The molecule has 1 fully saturated rings. The Kier molecular flexibility index (Phi) is 6.97. The second-order valence-corrected chi connectivity index (χ2v) is 8.73. The summed E-state index contributed by atoms with van der Waals surface area (Å²) in [5.41, 5.74) is 0.655. The van der Waals surface area contributed by atoms with Gasteiger partial charge in [-0.2, -0.15) is 0 Å². The highest BCUT2D eigenvalue weighted by atomic mass is 28.4. The van der Waals surface area contributed by atoms with E-state index in [0.717, 1.165) is 32.7 Å². The van der Waals surface area contributed by atoms with Gasteiger partial charge < -0.3 is 18.3 Å². The van der Waals surface area contributed by atoms with Crippen LogP contribution in [-0.4, -0.2) is 48.7 Å². The summed E-state index contributed by atoms with van der Waals surface area (Å²) < 4.78 is 23.1. The molecule has 0 saturated carbocycles. The Hall–Kier alpha value is 0.0569. The highest BCUT2D eigenvalue weighted by Crippen LogP contribution is 2.50. The fraction of sp³-hybridized carbons (Fsp3) is 1.00. The van der Waals surface area contributed by atoms with Crippen LogP contribution < -0.4 is 0 Å². The highest BCUT2D eigenvalue weighted by Gasteiger charge is 2.55. The van der Waals surface area contributed by atoms with Gasteiger partial charge in [-0.3, -0.25) is 0 Å². The smallest absolute Gasteiger partial charge is 0.338 e. The zero-order valence-corrected chi connectivity index (χ0v) is 14.2. The van der Waals surface area contributed by atoms with Gasteiger partial charge in [0.15, 0.2) is 0 Å². The highest BCUT2D eigenvalue weighted by molar-refractivity contribution is 6.67. The second kappa shape index (κ2) is 7.74. The van der Waals surface area contributed by atoms with Crippen LogP contribution in [0.4, 0.5) is 0 Å². The summed E-state index contributed by atoms with van der Waals surface area (Å²) >= 11 is 0. The van der Waals surface area contributed by atoms with Crippen molar-refractivity contribution in [2.75, 3.05) is 40.1 Å². The van der Waals surface area contributed by atoms with E-state index in [9.17, 15) is 0 Å². The molecular weight excluding hydrogens is 260 g/mol. The largest absolute Gasteiger partial charge is 0.394 e. The van der Waals surface area contributed by atoms with Crippen LogP contribution in [0.3, 0.4) is 0 Å². The summed E-state index contributed by atoms with van der Waals surface area (Å²) in [6.07, 6.45) is 2.11. The van der Waals surface area contributed by atoms with Crippen molar-refractivity contribution in [3.63, 3.8) is 0 Å². The van der Waals surface area contributed by atoms with E-state index >= 15 is 0 Å². The van der Waals surface area contributed by atoms with E-state index in [4.69, 9.17) is 18.3 Å². The lowest BCUT2D eigenvalue weighted by atomic mass is 9.78. The Balaban J connectivity index is 2.91. The van der Waals surface area contributed by atoms with Crippen molar-refractivity contribution in [3.8, 4) is 0 Å². The van der Waals surface area contributed by atoms with Crippen molar-refractivity contribution in [1.82, 2.24) is 0 Å². The molecule has 0 bridgehead atoms. The third-order valence-corrected chi connectivity index (χ3v) is 8.22. The maximum atomic E-state index is 6.12. The van der Waals surface area contributed by atoms with Crippen LogP contribution in [0.5, 0.6) is 0 Å². The first-order valence-corrected chi connectivity index (χ1v) is 9.82. The van der Waals surface area contributed by atoms with Crippen molar-refractivity contribution in [2.45, 2.75) is 45.7 Å². The molecule has 0 N–H and O–H groups in total. The molecule has 114 valence electrons. The van der Waals surface area contributed by atoms with Gasteiger partial charge in [0, 0.05) is 37.9 Å². The van der Waals surface area contributed by atoms with E-state index in [0.29, 0.717) is 18.8 Å². The first-order chi connectivity index (χ1) is 9.08. The zero-order valence-electron chi connectivity index (χ0n) is 13.2. The molecule has 0 radical (unpaired) electrons. The quantitative estimate of drug-likeness (QED) is 0.580. The van der Waals surface area contributed by atoms with Crippen LogP contribution >= 0.6 is 0 Å². The van der Waals surface area contributed by atoms with Gasteiger partial charge in [-0.15, -0.1) is 0 Å². The Labute approximate surface area is 119 Å². The maximum Gasteiger partial charge on any atom is 0.338 e. The van der Waals surface area contributed by atoms with Crippen LogP contribution in [0.1, 0.15) is 33.6 Å². The van der Waals surface area contributed by atoms with E-state index in [1.54, 1.807) is 7.11 Å². The van der Waals surface area contributed by atoms with Crippen LogP contribution in [0.25, 0.3) is 0 Å². The van der Waals surface area contributed by atoms with Crippen molar-refractivity contribution in [1.29, 1.82) is 0 Å². The predicted molar refractivity (Wildman–Crippen MR) is 78.7 cm³/mol. The van der Waals surface area contributed by atoms with Crippen LogP contribution in [0.2, 0.25) is 12.1 Å². The third kappa shape index (κ3) is 3.79. The minimum Gasteiger partial charge on any atom is -0.394 e. The Bertz CT molecular complexity index is 244. The molecule has 1 atom stereocenters. The zero-order chi connectivity index (χ0) is 14.4. The molecule has 0 amide bonds. The Morgan fingerprint density at radius 3 is 2.05 bits per heavy atom. The van der Waals surface area contributed by atoms with Crippen molar-refractivity contribution in [3.05, 3.63) is 0 Å². The Morgan fingerprint density at radius 1 is 1.16 bits per heavy atom. The summed E-state index contributed by atoms with van der Waals surface area (Å²) in [7, 11) is -0.445. The number of hydrogen-bond acceptors (Lipinski definition) is 4. The molecule has 1 unspecified atom stereocenters. The van der Waals surface area contributed by atoms with Gasteiger partial charge in [0.05, 0.1) is 13.2 Å². The van der Waals surface area contributed by atoms with E-state index in [1.165, 1.54) is 0 Å². The molecule has 1 aliphatic heterocycles. The van der Waals surface area contributed by atoms with E-state index < -0.39 is 8.56 Å². The van der Waals surface area contributed by atoms with Crippen LogP contribution in [-0.2, 0) is 18.3 Å². The minimum absolute atomic E-state index is 0.226. The Morgan fingerprint density at radius 2 is 1.74 bits per heavy atom. The molecule has 5 heteroatoms. The van der Waals surface area contributed by atoms with Gasteiger partial charge in [0.25, 0.3) is 0 Å². The number of rotatable bonds is 10. The molecule has 19 heavy (non-hydrogen) atoms. The number of methoxy groups -OCH3 is 1. The summed E-state index contributed by atoms with van der Waals surface area (Å²) in [5.74, 6) is 0. The van der Waals surface area contributed by atoms with Gasteiger partial charge in [-0.1, -0.05) is 6.92 Å². The molecule has 1 aliphatic rings. The van der Waals surface area contributed by atoms with Crippen molar-refractivity contribution < 1.29 is 18.3 Å². The first kappa shape index (κ1) is 17.1. The van der Waals surface area contributed by atoms with Gasteiger partial charge in [0.1, 0.15) is 0 Å². The second-order valence-electron chi connectivity index (χ2n) is 5.42. The monoisotopic (exact) mass is 290 g/mol. The van der Waals surface area contributed by atoms with E-state index in [1.807, 2.05) is 13.8 Å². The average Bonchev–Trinajstić information content (AvgIpc) is 2.33. The maximum absolute atomic E-state index is 6.12. The molecular formula is C14H30O4Si. The van der Waals surface area contributed by atoms with Crippen molar-refractivity contribution in [2.24, 2.45) is 5.41 Å². The van der Waals surface area contributed by atoms with Crippen LogP contribution in [0.15, 0.2) is 0 Å². The van der Waals surface area contributed by atoms with Gasteiger partial charge >= 0.3 is 8.56 Å². The lowest BCUT2D eigenvalue weighted by Gasteiger charge is -2.51. The molecule has 1 saturated heterocycles. The molecule has 0 spiro atoms. The lowest BCUT2D eigenvalue weighted by molar-refractivity contribution is -0.128. The SMILES string of the molecule is CCO[Si](C)(OCC)C(CCOC)C1(CC)COC1. The van der Waals surface area contributed by atoms with Gasteiger partial charge in [-0.05, 0) is 33.2 Å². The van der Waals surface area contributed by atoms with Gasteiger partial charge in [-0.25, -0.2) is 0 Å². The predicted octanol–water partition coefficient (Wildman–Crippen LogP) is 2.96. The molecule has 4 nitrogen and oxygen atoms in total. The fourth-order valence-electron chi connectivity index (χ4n) is 3.19. The molecule has 0 aromatic heterocycles. The summed E-state index contributed by atoms with van der Waals surface area (Å²) in [5, 5.41) is 0. The average molecular weight is 290 g/mol. The van der Waals surface area contributed by atoms with Crippen LogP contribution in [0, 0.1) is 5.41 Å². The third-order valence-electron chi connectivity index (χ3n) is 4.33. The summed E-state index contributed by atoms with van der Waals surface area (Å²) in [4.78, 5) is 0. The molecule has 0 aromatic rings. The normalized spacial score (nSPS) is 20.1. The topological polar surface area (TPSA) is 36.9 Å². The van der Waals surface area contributed by atoms with Crippen molar-refractivity contribution >= 4 is 8.56 Å². The summed E-state index contributed by atoms with van der Waals surface area (Å²) in [6, 6.07) is 0. The number of hydrogen-bond donors (Lipinski definition) is 0. The fourth-order valence-corrected chi connectivity index (χ4v) is 6.95. The molecule has 1 heterocycles. The minimum atomic E-state index is -2.20. The summed E-state index contributed by atoms with van der Waals surface area (Å²) in [6.45, 7) is 12.4. The van der Waals surface area contributed by atoms with E-state index in [2.05, 4.69) is 13.5 Å². The van der Waals surface area contributed by atoms with E-state index in [-0.39, 0.29) is 5.41 Å². The standard InChI is InChI=1S/C14H30O4Si/c1-6-14(11-16-12-14)13(9-10-15-4)19(5,17-7-2)18-8-3/h13H,6-12H2,1-5H3.